The molecule has 8 heavy (non-hydrogen) atoms. The van der Waals surface area contributed by atoms with Crippen molar-refractivity contribution >= 4 is 6.29 Å². The van der Waals surface area contributed by atoms with Gasteiger partial charge in [-0.25, -0.2) is 0 Å². The number of hydrogen-bond acceptors (Lipinski definition) is 2. The minimum Gasteiger partial charge on any atom is -0.320 e. The van der Waals surface area contributed by atoms with E-state index in [0.29, 0.717) is 0 Å². The van der Waals surface area contributed by atoms with Gasteiger partial charge in [-0.15, -0.1) is 0 Å². The first-order chi connectivity index (χ1) is 3.81. The molecular weight excluding hydrogens is 102 g/mol. The normalized spacial score (nSPS) is 13.2. The Bertz CT molecular complexity index is 63.5. The maximum atomic E-state index is 9.98. The molecule has 0 aromatic carbocycles. The molecule has 0 heterocycles. The molecule has 0 aliphatic heterocycles. The van der Waals surface area contributed by atoms with E-state index in [1.807, 2.05) is 14.0 Å². The van der Waals surface area contributed by atoms with Gasteiger partial charge in [-0.1, -0.05) is 6.92 Å². The molecule has 0 amide bonds. The molecule has 0 saturated carbocycles. The van der Waals surface area contributed by atoms with Gasteiger partial charge in [0.05, 0.1) is 0 Å². The van der Waals surface area contributed by atoms with Gasteiger partial charge in [-0.2, -0.15) is 0 Å². The summed E-state index contributed by atoms with van der Waals surface area (Å²) in [6, 6.07) is 0. The maximum absolute atomic E-state index is 9.98. The lowest BCUT2D eigenvalue weighted by molar-refractivity contribution is -0.110. The molecule has 1 N–H and O–H groups in total. The van der Waals surface area contributed by atoms with Gasteiger partial charge in [-0.05, 0) is 20.0 Å². The molecule has 0 bridgehead atoms. The Morgan fingerprint density at radius 2 is 2.38 bits per heavy atom. The number of rotatable bonds is 4. The molecule has 2 heteroatoms. The Labute approximate surface area is 50.3 Å². The molecule has 1 atom stereocenters. The summed E-state index contributed by atoms with van der Waals surface area (Å²) in [7, 11) is 1.89. The minimum absolute atomic E-state index is 0.211. The highest BCUT2D eigenvalue weighted by Crippen LogP contribution is 1.93. The highest BCUT2D eigenvalue weighted by molar-refractivity contribution is 5.52. The molecule has 0 fully saturated rings. The molecule has 0 rings (SSSR count). The largest absolute Gasteiger partial charge is 0.320 e. The summed E-state index contributed by atoms with van der Waals surface area (Å²) < 4.78 is 0. The SMILES string of the molecule is CNCCC(C)C=O. The monoisotopic (exact) mass is 115 g/mol. The van der Waals surface area contributed by atoms with Crippen LogP contribution in [0.4, 0.5) is 0 Å². The number of carbonyl (C=O) groups excluding carboxylic acids is 1. The molecule has 48 valence electrons. The van der Waals surface area contributed by atoms with Crippen LogP contribution in [-0.4, -0.2) is 19.9 Å². The van der Waals surface area contributed by atoms with Crippen LogP contribution >= 0.6 is 0 Å². The summed E-state index contributed by atoms with van der Waals surface area (Å²) in [5.41, 5.74) is 0. The fraction of sp³-hybridized carbons (Fsp3) is 0.833. The van der Waals surface area contributed by atoms with Crippen molar-refractivity contribution in [2.75, 3.05) is 13.6 Å². The summed E-state index contributed by atoms with van der Waals surface area (Å²) in [6.07, 6.45) is 1.93. The average molecular weight is 115 g/mol. The van der Waals surface area contributed by atoms with Crippen molar-refractivity contribution < 1.29 is 4.79 Å². The number of carbonyl (C=O) groups is 1. The highest BCUT2D eigenvalue weighted by atomic mass is 16.1. The number of hydrogen-bond donors (Lipinski definition) is 1. The smallest absolute Gasteiger partial charge is 0.122 e. The quantitative estimate of drug-likeness (QED) is 0.538. The third-order valence-electron chi connectivity index (χ3n) is 1.08. The Balaban J connectivity index is 2.98. The zero-order valence-electron chi connectivity index (χ0n) is 5.48. The lowest BCUT2D eigenvalue weighted by Crippen LogP contribution is -2.11. The van der Waals surface area contributed by atoms with Crippen LogP contribution in [0.5, 0.6) is 0 Å². The molecule has 0 aromatic heterocycles. The van der Waals surface area contributed by atoms with E-state index < -0.39 is 0 Å². The lowest BCUT2D eigenvalue weighted by Gasteiger charge is -1.99. The van der Waals surface area contributed by atoms with Gasteiger partial charge in [0.15, 0.2) is 0 Å². The van der Waals surface area contributed by atoms with Gasteiger partial charge in [-0.3, -0.25) is 0 Å². The molecule has 0 saturated heterocycles. The fourth-order valence-electron chi connectivity index (χ4n) is 0.440. The van der Waals surface area contributed by atoms with Gasteiger partial charge in [0.25, 0.3) is 0 Å². The van der Waals surface area contributed by atoms with Crippen LogP contribution in [0.1, 0.15) is 13.3 Å². The molecule has 0 aliphatic carbocycles. The van der Waals surface area contributed by atoms with Gasteiger partial charge >= 0.3 is 0 Å². The molecule has 0 spiro atoms. The van der Waals surface area contributed by atoms with E-state index in [-0.39, 0.29) is 5.92 Å². The van der Waals surface area contributed by atoms with E-state index in [4.69, 9.17) is 0 Å². The second kappa shape index (κ2) is 4.78. The molecule has 0 radical (unpaired) electrons. The topological polar surface area (TPSA) is 29.1 Å². The average Bonchev–Trinajstić information content (AvgIpc) is 1.83. The highest BCUT2D eigenvalue weighted by Gasteiger charge is 1.95. The Hall–Kier alpha value is -0.370. The molecule has 2 nitrogen and oxygen atoms in total. The van der Waals surface area contributed by atoms with Crippen LogP contribution in [0.2, 0.25) is 0 Å². The van der Waals surface area contributed by atoms with Crippen molar-refractivity contribution in [3.05, 3.63) is 0 Å². The molecule has 0 aliphatic rings. The van der Waals surface area contributed by atoms with Crippen molar-refractivity contribution in [3.8, 4) is 0 Å². The standard InChI is InChI=1S/C6H13NO/c1-6(5-8)3-4-7-2/h5-7H,3-4H2,1-2H3. The van der Waals surface area contributed by atoms with Crippen LogP contribution in [-0.2, 0) is 4.79 Å². The Morgan fingerprint density at radius 3 is 2.75 bits per heavy atom. The third kappa shape index (κ3) is 3.81. The summed E-state index contributed by atoms with van der Waals surface area (Å²) in [5, 5.41) is 2.97. The first-order valence-electron chi connectivity index (χ1n) is 2.91. The minimum atomic E-state index is 0.211. The van der Waals surface area contributed by atoms with Crippen LogP contribution in [0.25, 0.3) is 0 Å². The summed E-state index contributed by atoms with van der Waals surface area (Å²) in [6.45, 7) is 2.85. The van der Waals surface area contributed by atoms with Crippen LogP contribution in [0.15, 0.2) is 0 Å². The Kier molecular flexibility index (Phi) is 4.56. The van der Waals surface area contributed by atoms with Crippen LogP contribution in [0.3, 0.4) is 0 Å². The molecule has 0 aromatic rings. The summed E-state index contributed by atoms with van der Waals surface area (Å²) >= 11 is 0. The van der Waals surface area contributed by atoms with E-state index in [9.17, 15) is 4.79 Å². The van der Waals surface area contributed by atoms with Crippen molar-refractivity contribution in [1.29, 1.82) is 0 Å². The second-order valence-corrected chi connectivity index (χ2v) is 2.01. The fourth-order valence-corrected chi connectivity index (χ4v) is 0.440. The van der Waals surface area contributed by atoms with E-state index in [1.54, 1.807) is 0 Å². The van der Waals surface area contributed by atoms with Crippen LogP contribution < -0.4 is 5.32 Å². The molecule has 1 unspecified atom stereocenters. The van der Waals surface area contributed by atoms with Gasteiger partial charge in [0.2, 0.25) is 0 Å². The maximum Gasteiger partial charge on any atom is 0.122 e. The zero-order chi connectivity index (χ0) is 6.41. The van der Waals surface area contributed by atoms with Gasteiger partial charge in [0, 0.05) is 5.92 Å². The molecular formula is C6H13NO. The number of nitrogens with one attached hydrogen (secondary N) is 1. The van der Waals surface area contributed by atoms with Gasteiger partial charge in [0.1, 0.15) is 6.29 Å². The number of aldehydes is 1. The Morgan fingerprint density at radius 1 is 1.75 bits per heavy atom. The summed E-state index contributed by atoms with van der Waals surface area (Å²) in [5.74, 6) is 0.211. The second-order valence-electron chi connectivity index (χ2n) is 2.01. The van der Waals surface area contributed by atoms with Gasteiger partial charge < -0.3 is 10.1 Å². The van der Waals surface area contributed by atoms with Crippen molar-refractivity contribution in [1.82, 2.24) is 5.32 Å². The van der Waals surface area contributed by atoms with E-state index in [2.05, 4.69) is 5.32 Å². The van der Waals surface area contributed by atoms with E-state index in [1.165, 1.54) is 0 Å². The van der Waals surface area contributed by atoms with E-state index >= 15 is 0 Å². The zero-order valence-corrected chi connectivity index (χ0v) is 5.48. The van der Waals surface area contributed by atoms with Crippen LogP contribution in [0, 0.1) is 5.92 Å². The van der Waals surface area contributed by atoms with Crippen molar-refractivity contribution in [3.63, 3.8) is 0 Å². The van der Waals surface area contributed by atoms with E-state index in [0.717, 1.165) is 19.3 Å². The first kappa shape index (κ1) is 7.63. The summed E-state index contributed by atoms with van der Waals surface area (Å²) in [4.78, 5) is 9.98. The predicted molar refractivity (Wildman–Crippen MR) is 33.8 cm³/mol. The lowest BCUT2D eigenvalue weighted by atomic mass is 10.1. The predicted octanol–water partition coefficient (Wildman–Crippen LogP) is 0.431. The third-order valence-corrected chi connectivity index (χ3v) is 1.08. The van der Waals surface area contributed by atoms with Crippen molar-refractivity contribution in [2.24, 2.45) is 5.92 Å². The first-order valence-corrected chi connectivity index (χ1v) is 2.91. The van der Waals surface area contributed by atoms with Crippen molar-refractivity contribution in [2.45, 2.75) is 13.3 Å².